The zero-order valence-corrected chi connectivity index (χ0v) is 17.0. The van der Waals surface area contributed by atoms with Gasteiger partial charge >= 0.3 is 5.97 Å². The molecule has 30 heavy (non-hydrogen) atoms. The zero-order chi connectivity index (χ0) is 21.8. The van der Waals surface area contributed by atoms with Crippen LogP contribution in [-0.4, -0.2) is 28.3 Å². The number of anilines is 1. The molecular formula is C19H21F4N3O3S. The molecule has 0 saturated carbocycles. The fraction of sp³-hybridized carbons (Fsp3) is 0.526. The van der Waals surface area contributed by atoms with Gasteiger partial charge in [0.1, 0.15) is 22.9 Å². The van der Waals surface area contributed by atoms with Gasteiger partial charge in [0.25, 0.3) is 12.9 Å². The minimum Gasteiger partial charge on any atom is -0.462 e. The summed E-state index contributed by atoms with van der Waals surface area (Å²) in [6, 6.07) is 0.583. The van der Waals surface area contributed by atoms with Gasteiger partial charge in [0.05, 0.1) is 12.2 Å². The van der Waals surface area contributed by atoms with E-state index in [1.165, 1.54) is 11.3 Å². The van der Waals surface area contributed by atoms with Gasteiger partial charge < -0.3 is 10.1 Å². The lowest BCUT2D eigenvalue weighted by Gasteiger charge is -2.12. The van der Waals surface area contributed by atoms with Crippen LogP contribution in [0.25, 0.3) is 0 Å². The molecule has 0 bridgehead atoms. The highest BCUT2D eigenvalue weighted by Gasteiger charge is 2.28. The predicted octanol–water partition coefficient (Wildman–Crippen LogP) is 4.90. The number of esters is 1. The minimum absolute atomic E-state index is 0.234. The second-order valence-electron chi connectivity index (χ2n) is 6.85. The summed E-state index contributed by atoms with van der Waals surface area (Å²) in [6.45, 7) is 1.41. The molecule has 1 amide bonds. The highest BCUT2D eigenvalue weighted by molar-refractivity contribution is 7.17. The maximum atomic E-state index is 13.1. The summed E-state index contributed by atoms with van der Waals surface area (Å²) in [4.78, 5) is 26.0. The van der Waals surface area contributed by atoms with Gasteiger partial charge in [-0.3, -0.25) is 9.48 Å². The third-order valence-corrected chi connectivity index (χ3v) is 5.84. The van der Waals surface area contributed by atoms with Crippen LogP contribution in [0.3, 0.4) is 0 Å². The van der Waals surface area contributed by atoms with Crippen LogP contribution >= 0.6 is 11.3 Å². The van der Waals surface area contributed by atoms with Crippen LogP contribution in [-0.2, 0) is 28.9 Å². The molecule has 11 heteroatoms. The summed E-state index contributed by atoms with van der Waals surface area (Å²) >= 11 is 1.25. The monoisotopic (exact) mass is 447 g/mol. The van der Waals surface area contributed by atoms with Crippen LogP contribution < -0.4 is 5.32 Å². The first kappa shape index (κ1) is 22.3. The van der Waals surface area contributed by atoms with E-state index in [0.29, 0.717) is 29.2 Å². The van der Waals surface area contributed by atoms with Gasteiger partial charge in [0.15, 0.2) is 0 Å². The second kappa shape index (κ2) is 9.59. The van der Waals surface area contributed by atoms with Crippen LogP contribution in [0.15, 0.2) is 6.07 Å². The summed E-state index contributed by atoms with van der Waals surface area (Å²) in [7, 11) is 0. The summed E-state index contributed by atoms with van der Waals surface area (Å²) in [5, 5.41) is 6.26. The molecule has 0 spiro atoms. The first-order valence-corrected chi connectivity index (χ1v) is 10.4. The molecule has 3 rings (SSSR count). The van der Waals surface area contributed by atoms with Gasteiger partial charge in [-0.2, -0.15) is 5.10 Å². The smallest absolute Gasteiger partial charge is 0.341 e. The Morgan fingerprint density at radius 1 is 1.23 bits per heavy atom. The topological polar surface area (TPSA) is 73.2 Å². The van der Waals surface area contributed by atoms with E-state index >= 15 is 0 Å². The van der Waals surface area contributed by atoms with Gasteiger partial charge in [-0.1, -0.05) is 6.92 Å². The van der Waals surface area contributed by atoms with Crippen molar-refractivity contribution in [3.8, 4) is 0 Å². The van der Waals surface area contributed by atoms with E-state index in [1.54, 1.807) is 0 Å². The van der Waals surface area contributed by atoms with E-state index in [4.69, 9.17) is 4.74 Å². The number of ether oxygens (including phenoxy) is 1. The number of rotatable bonds is 8. The number of aromatic nitrogens is 2. The van der Waals surface area contributed by atoms with Crippen LogP contribution in [0.4, 0.5) is 22.6 Å². The average molecular weight is 447 g/mol. The molecule has 0 atom stereocenters. The summed E-state index contributed by atoms with van der Waals surface area (Å²) in [5.41, 5.74) is -0.462. The van der Waals surface area contributed by atoms with E-state index in [-0.39, 0.29) is 11.6 Å². The van der Waals surface area contributed by atoms with Crippen molar-refractivity contribution < 1.29 is 31.9 Å². The Hall–Kier alpha value is -2.43. The van der Waals surface area contributed by atoms with Crippen LogP contribution in [0, 0.1) is 0 Å². The molecule has 0 unspecified atom stereocenters. The Morgan fingerprint density at radius 3 is 2.63 bits per heavy atom. The number of halogens is 4. The van der Waals surface area contributed by atoms with Crippen molar-refractivity contribution in [2.75, 3.05) is 11.9 Å². The molecule has 0 saturated heterocycles. The first-order valence-electron chi connectivity index (χ1n) is 9.57. The molecule has 1 aliphatic carbocycles. The molecule has 6 nitrogen and oxygen atoms in total. The third kappa shape index (κ3) is 4.82. The van der Waals surface area contributed by atoms with Gasteiger partial charge in [0, 0.05) is 4.88 Å². The zero-order valence-electron chi connectivity index (χ0n) is 16.2. The number of fused-ring (bicyclic) bond motifs is 1. The van der Waals surface area contributed by atoms with Crippen molar-refractivity contribution >= 4 is 28.2 Å². The summed E-state index contributed by atoms with van der Waals surface area (Å²) in [6.07, 6.45) is -2.12. The van der Waals surface area contributed by atoms with E-state index < -0.39 is 42.7 Å². The quantitative estimate of drug-likeness (QED) is 0.461. The number of nitrogens with one attached hydrogen (secondary N) is 1. The van der Waals surface area contributed by atoms with E-state index in [0.717, 1.165) is 29.7 Å². The highest BCUT2D eigenvalue weighted by atomic mass is 32.1. The molecule has 0 aliphatic heterocycles. The van der Waals surface area contributed by atoms with E-state index in [9.17, 15) is 27.2 Å². The van der Waals surface area contributed by atoms with Crippen molar-refractivity contribution in [3.63, 3.8) is 0 Å². The minimum atomic E-state index is -3.06. The van der Waals surface area contributed by atoms with E-state index in [2.05, 4.69) is 10.4 Å². The molecule has 1 aliphatic rings. The summed E-state index contributed by atoms with van der Waals surface area (Å²) < 4.78 is 57.7. The fourth-order valence-electron chi connectivity index (χ4n) is 3.30. The Balaban J connectivity index is 1.83. The Bertz CT molecular complexity index is 927. The Kier molecular flexibility index (Phi) is 7.11. The standard InChI is InChI=1S/C19H21F4N3O3S/c1-2-7-29-19(28)15-10-5-3-4-6-13(10)30-18(15)24-14(27)9-26-12(17(22)23)8-11(25-26)16(20)21/h8,16-17H,2-7,9H2,1H3,(H,24,27). The molecule has 0 radical (unpaired) electrons. The maximum Gasteiger partial charge on any atom is 0.341 e. The number of amides is 1. The molecule has 164 valence electrons. The predicted molar refractivity (Wildman–Crippen MR) is 102 cm³/mol. The number of aryl methyl sites for hydroxylation is 1. The molecule has 2 aromatic heterocycles. The lowest BCUT2D eigenvalue weighted by atomic mass is 9.95. The third-order valence-electron chi connectivity index (χ3n) is 4.64. The fourth-order valence-corrected chi connectivity index (χ4v) is 4.59. The van der Waals surface area contributed by atoms with Crippen molar-refractivity contribution in [3.05, 3.63) is 33.5 Å². The van der Waals surface area contributed by atoms with Gasteiger partial charge in [-0.15, -0.1) is 11.3 Å². The van der Waals surface area contributed by atoms with Gasteiger partial charge in [-0.05, 0) is 43.7 Å². The number of nitrogens with zero attached hydrogens (tertiary/aromatic N) is 2. The normalized spacial score (nSPS) is 13.6. The van der Waals surface area contributed by atoms with Crippen LogP contribution in [0.5, 0.6) is 0 Å². The van der Waals surface area contributed by atoms with E-state index in [1.807, 2.05) is 6.92 Å². The SMILES string of the molecule is CCCOC(=O)c1c(NC(=O)Cn2nc(C(F)F)cc2C(F)F)sc2c1CCCC2. The largest absolute Gasteiger partial charge is 0.462 e. The molecular weight excluding hydrogens is 426 g/mol. The number of carbonyl (C=O) groups is 2. The maximum absolute atomic E-state index is 13.1. The van der Waals surface area contributed by atoms with Gasteiger partial charge in [0.2, 0.25) is 5.91 Å². The lowest BCUT2D eigenvalue weighted by Crippen LogP contribution is -2.22. The number of thiophene rings is 1. The van der Waals surface area contributed by atoms with Crippen molar-refractivity contribution in [1.29, 1.82) is 0 Å². The molecule has 2 heterocycles. The lowest BCUT2D eigenvalue weighted by molar-refractivity contribution is -0.117. The Labute approximate surface area is 174 Å². The van der Waals surface area contributed by atoms with Gasteiger partial charge in [-0.25, -0.2) is 22.4 Å². The first-order chi connectivity index (χ1) is 14.3. The number of carbonyl (C=O) groups excluding carboxylic acids is 2. The van der Waals surface area contributed by atoms with Crippen molar-refractivity contribution in [1.82, 2.24) is 9.78 Å². The number of hydrogen-bond acceptors (Lipinski definition) is 5. The molecule has 0 aromatic carbocycles. The van der Waals surface area contributed by atoms with Crippen molar-refractivity contribution in [2.24, 2.45) is 0 Å². The second-order valence-corrected chi connectivity index (χ2v) is 7.96. The van der Waals surface area contributed by atoms with Crippen molar-refractivity contribution in [2.45, 2.75) is 58.4 Å². The highest BCUT2D eigenvalue weighted by Crippen LogP contribution is 2.38. The van der Waals surface area contributed by atoms with Crippen LogP contribution in [0.1, 0.15) is 71.2 Å². The molecule has 2 aromatic rings. The number of alkyl halides is 4. The molecule has 1 N–H and O–H groups in total. The number of hydrogen-bond donors (Lipinski definition) is 1. The Morgan fingerprint density at radius 2 is 1.97 bits per heavy atom. The molecule has 0 fully saturated rings. The van der Waals surface area contributed by atoms with Crippen LogP contribution in [0.2, 0.25) is 0 Å². The average Bonchev–Trinajstić information content (AvgIpc) is 3.27. The summed E-state index contributed by atoms with van der Waals surface area (Å²) in [5.74, 6) is -1.29.